The fourth-order valence-electron chi connectivity index (χ4n) is 2.27. The van der Waals surface area contributed by atoms with Crippen molar-refractivity contribution in [3.05, 3.63) is 28.6 Å². The highest BCUT2D eigenvalue weighted by molar-refractivity contribution is 7.13. The minimum Gasteiger partial charge on any atom is -0.375 e. The summed E-state index contributed by atoms with van der Waals surface area (Å²) in [4.78, 5) is 16.0. The molecule has 0 saturated carbocycles. The van der Waals surface area contributed by atoms with Crippen LogP contribution < -0.4 is 11.1 Å². The Kier molecular flexibility index (Phi) is 2.38. The first-order valence-electron chi connectivity index (χ1n) is 5.73. The molecular formula is C13H13N3OS. The van der Waals surface area contributed by atoms with Gasteiger partial charge in [-0.3, -0.25) is 4.79 Å². The number of thiazole rings is 1. The van der Waals surface area contributed by atoms with Gasteiger partial charge in [0.2, 0.25) is 5.91 Å². The molecule has 2 heterocycles. The van der Waals surface area contributed by atoms with Crippen LogP contribution in [-0.2, 0) is 4.79 Å². The van der Waals surface area contributed by atoms with E-state index >= 15 is 0 Å². The molecule has 5 heteroatoms. The van der Waals surface area contributed by atoms with Crippen LogP contribution in [0.2, 0.25) is 0 Å². The number of nitrogens with two attached hydrogens (primary N) is 1. The van der Waals surface area contributed by atoms with Crippen LogP contribution >= 0.6 is 11.3 Å². The van der Waals surface area contributed by atoms with Crippen molar-refractivity contribution in [3.8, 4) is 11.3 Å². The zero-order chi connectivity index (χ0) is 12.9. The van der Waals surface area contributed by atoms with Gasteiger partial charge in [-0.1, -0.05) is 0 Å². The molecule has 3 N–H and O–H groups in total. The number of carbonyl (C=O) groups excluding carboxylic acids is 1. The standard InChI is InChI=1S/C13H13N3OS/c1-6-3-8(10-5-18-13(14)15-10)4-9-7(2)12(17)16-11(6)9/h3-5,7H,1-2H3,(H2,14,15)(H,16,17). The maximum absolute atomic E-state index is 11.7. The number of nitrogen functional groups attached to an aromatic ring is 1. The number of anilines is 2. The summed E-state index contributed by atoms with van der Waals surface area (Å²) in [6, 6.07) is 4.06. The van der Waals surface area contributed by atoms with Crippen LogP contribution in [0.5, 0.6) is 0 Å². The van der Waals surface area contributed by atoms with E-state index in [9.17, 15) is 4.79 Å². The molecule has 1 aliphatic rings. The third-order valence-corrected chi connectivity index (χ3v) is 3.97. The number of benzene rings is 1. The second-order valence-corrected chi connectivity index (χ2v) is 5.43. The highest BCUT2D eigenvalue weighted by Gasteiger charge is 2.28. The lowest BCUT2D eigenvalue weighted by Crippen LogP contribution is -2.08. The molecule has 1 aromatic heterocycles. The Bertz CT molecular complexity index is 648. The number of hydrogen-bond donors (Lipinski definition) is 2. The second kappa shape index (κ2) is 3.81. The van der Waals surface area contributed by atoms with Crippen molar-refractivity contribution >= 4 is 28.1 Å². The molecule has 92 valence electrons. The molecule has 1 aromatic carbocycles. The summed E-state index contributed by atoms with van der Waals surface area (Å²) in [6.45, 7) is 3.91. The first-order valence-corrected chi connectivity index (χ1v) is 6.61. The Balaban J connectivity index is 2.15. The minimum atomic E-state index is -0.102. The summed E-state index contributed by atoms with van der Waals surface area (Å²) in [5.74, 6) is -0.0438. The van der Waals surface area contributed by atoms with Gasteiger partial charge in [0, 0.05) is 16.6 Å². The van der Waals surface area contributed by atoms with Crippen molar-refractivity contribution in [1.29, 1.82) is 0 Å². The lowest BCUT2D eigenvalue weighted by molar-refractivity contribution is -0.116. The predicted molar refractivity (Wildman–Crippen MR) is 73.7 cm³/mol. The summed E-state index contributed by atoms with van der Waals surface area (Å²) in [5.41, 5.74) is 10.6. The molecule has 0 spiro atoms. The summed E-state index contributed by atoms with van der Waals surface area (Å²) >= 11 is 1.42. The van der Waals surface area contributed by atoms with Gasteiger partial charge in [-0.25, -0.2) is 4.98 Å². The van der Waals surface area contributed by atoms with Gasteiger partial charge in [0.25, 0.3) is 0 Å². The van der Waals surface area contributed by atoms with E-state index in [0.717, 1.165) is 28.1 Å². The van der Waals surface area contributed by atoms with Gasteiger partial charge in [0.1, 0.15) is 0 Å². The largest absolute Gasteiger partial charge is 0.375 e. The first-order chi connectivity index (χ1) is 8.56. The number of nitrogens with zero attached hydrogens (tertiary/aromatic N) is 1. The van der Waals surface area contributed by atoms with E-state index in [4.69, 9.17) is 5.73 Å². The molecule has 2 aromatic rings. The Morgan fingerprint density at radius 2 is 2.22 bits per heavy atom. The number of hydrogen-bond acceptors (Lipinski definition) is 4. The van der Waals surface area contributed by atoms with Crippen LogP contribution in [0.3, 0.4) is 0 Å². The van der Waals surface area contributed by atoms with E-state index in [2.05, 4.69) is 10.3 Å². The van der Waals surface area contributed by atoms with Crippen LogP contribution in [0.25, 0.3) is 11.3 Å². The molecule has 0 bridgehead atoms. The van der Waals surface area contributed by atoms with E-state index in [-0.39, 0.29) is 11.8 Å². The summed E-state index contributed by atoms with van der Waals surface area (Å²) in [7, 11) is 0. The zero-order valence-corrected chi connectivity index (χ0v) is 11.0. The first kappa shape index (κ1) is 11.2. The van der Waals surface area contributed by atoms with Crippen molar-refractivity contribution in [2.75, 3.05) is 11.1 Å². The van der Waals surface area contributed by atoms with Gasteiger partial charge in [-0.2, -0.15) is 0 Å². The molecule has 1 unspecified atom stereocenters. The lowest BCUT2D eigenvalue weighted by atomic mass is 9.97. The fourth-order valence-corrected chi connectivity index (χ4v) is 2.84. The van der Waals surface area contributed by atoms with Gasteiger partial charge in [0.05, 0.1) is 11.6 Å². The molecule has 0 radical (unpaired) electrons. The van der Waals surface area contributed by atoms with E-state index in [1.165, 1.54) is 11.3 Å². The van der Waals surface area contributed by atoms with Crippen molar-refractivity contribution < 1.29 is 4.79 Å². The summed E-state index contributed by atoms with van der Waals surface area (Å²) < 4.78 is 0. The van der Waals surface area contributed by atoms with E-state index < -0.39 is 0 Å². The molecule has 4 nitrogen and oxygen atoms in total. The average molecular weight is 259 g/mol. The number of rotatable bonds is 1. The predicted octanol–water partition coefficient (Wildman–Crippen LogP) is 2.76. The highest BCUT2D eigenvalue weighted by atomic mass is 32.1. The van der Waals surface area contributed by atoms with Gasteiger partial charge >= 0.3 is 0 Å². The summed E-state index contributed by atoms with van der Waals surface area (Å²) in [5, 5.41) is 5.41. The third kappa shape index (κ3) is 1.59. The Labute approximate surface area is 109 Å². The molecule has 1 amide bonds. The number of amides is 1. The van der Waals surface area contributed by atoms with Crippen LogP contribution in [0.1, 0.15) is 24.0 Å². The summed E-state index contributed by atoms with van der Waals surface area (Å²) in [6.07, 6.45) is 0. The van der Waals surface area contributed by atoms with Crippen LogP contribution in [0.15, 0.2) is 17.5 Å². The monoisotopic (exact) mass is 259 g/mol. The quantitative estimate of drug-likeness (QED) is 0.827. The maximum Gasteiger partial charge on any atom is 0.231 e. The van der Waals surface area contributed by atoms with Crippen LogP contribution in [-0.4, -0.2) is 10.9 Å². The van der Waals surface area contributed by atoms with Gasteiger partial charge in [-0.15, -0.1) is 11.3 Å². The molecule has 1 atom stereocenters. The number of carbonyl (C=O) groups is 1. The second-order valence-electron chi connectivity index (χ2n) is 4.54. The number of aromatic nitrogens is 1. The molecular weight excluding hydrogens is 246 g/mol. The molecule has 1 aliphatic heterocycles. The lowest BCUT2D eigenvalue weighted by Gasteiger charge is -2.07. The van der Waals surface area contributed by atoms with Gasteiger partial charge in [-0.05, 0) is 37.1 Å². The third-order valence-electron chi connectivity index (χ3n) is 3.29. The van der Waals surface area contributed by atoms with E-state index in [1.54, 1.807) is 0 Å². The van der Waals surface area contributed by atoms with Crippen molar-refractivity contribution in [2.24, 2.45) is 0 Å². The van der Waals surface area contributed by atoms with Crippen molar-refractivity contribution in [3.63, 3.8) is 0 Å². The Hall–Kier alpha value is -1.88. The average Bonchev–Trinajstić information content (AvgIpc) is 2.87. The minimum absolute atomic E-state index is 0.0584. The number of nitrogens with one attached hydrogen (secondary N) is 1. The van der Waals surface area contributed by atoms with E-state index in [1.807, 2.05) is 31.4 Å². The van der Waals surface area contributed by atoms with Crippen LogP contribution in [0, 0.1) is 6.92 Å². The SMILES string of the molecule is Cc1cc(-c2csc(N)n2)cc2c1NC(=O)C2C. The Morgan fingerprint density at radius 1 is 1.44 bits per heavy atom. The number of fused-ring (bicyclic) bond motifs is 1. The van der Waals surface area contributed by atoms with Gasteiger partial charge < -0.3 is 11.1 Å². The topological polar surface area (TPSA) is 68.0 Å². The molecule has 0 aliphatic carbocycles. The van der Waals surface area contributed by atoms with Crippen molar-refractivity contribution in [1.82, 2.24) is 4.98 Å². The Morgan fingerprint density at radius 3 is 2.89 bits per heavy atom. The normalized spacial score (nSPS) is 17.7. The molecule has 0 fully saturated rings. The van der Waals surface area contributed by atoms with E-state index in [0.29, 0.717) is 5.13 Å². The van der Waals surface area contributed by atoms with Gasteiger partial charge in [0.15, 0.2) is 5.13 Å². The fraction of sp³-hybridized carbons (Fsp3) is 0.231. The highest BCUT2D eigenvalue weighted by Crippen LogP contribution is 2.38. The molecule has 3 rings (SSSR count). The maximum atomic E-state index is 11.7. The van der Waals surface area contributed by atoms with Crippen LogP contribution in [0.4, 0.5) is 10.8 Å². The smallest absolute Gasteiger partial charge is 0.231 e. The molecule has 18 heavy (non-hydrogen) atoms. The molecule has 0 saturated heterocycles. The number of aryl methyl sites for hydroxylation is 1. The zero-order valence-electron chi connectivity index (χ0n) is 10.2. The van der Waals surface area contributed by atoms with Crippen molar-refractivity contribution in [2.45, 2.75) is 19.8 Å².